The zero-order valence-electron chi connectivity index (χ0n) is 13.8. The smallest absolute Gasteiger partial charge is 0.282 e. The minimum atomic E-state index is -3.40. The van der Waals surface area contributed by atoms with Crippen LogP contribution < -0.4 is 5.32 Å². The first kappa shape index (κ1) is 18.8. The van der Waals surface area contributed by atoms with Gasteiger partial charge in [0.1, 0.15) is 0 Å². The molecule has 0 bridgehead atoms. The van der Waals surface area contributed by atoms with E-state index < -0.39 is 10.2 Å². The van der Waals surface area contributed by atoms with Gasteiger partial charge in [-0.3, -0.25) is 0 Å². The van der Waals surface area contributed by atoms with Crippen molar-refractivity contribution in [2.75, 3.05) is 46.9 Å². The van der Waals surface area contributed by atoms with Crippen molar-refractivity contribution >= 4 is 10.2 Å². The van der Waals surface area contributed by atoms with Gasteiger partial charge in [-0.1, -0.05) is 6.92 Å². The Kier molecular flexibility index (Phi) is 8.12. The lowest BCUT2D eigenvalue weighted by Gasteiger charge is -2.37. The molecule has 0 saturated carbocycles. The van der Waals surface area contributed by atoms with Crippen molar-refractivity contribution in [1.82, 2.24) is 13.9 Å². The van der Waals surface area contributed by atoms with E-state index in [0.717, 1.165) is 25.8 Å². The van der Waals surface area contributed by atoms with Gasteiger partial charge >= 0.3 is 0 Å². The lowest BCUT2D eigenvalue weighted by Crippen LogP contribution is -2.52. The van der Waals surface area contributed by atoms with Crippen LogP contribution in [-0.4, -0.2) is 70.0 Å². The molecule has 1 N–H and O–H groups in total. The summed E-state index contributed by atoms with van der Waals surface area (Å²) in [6, 6.07) is -0.00479. The van der Waals surface area contributed by atoms with Gasteiger partial charge in [-0.2, -0.15) is 17.0 Å². The maximum atomic E-state index is 12.9. The number of nitrogens with one attached hydrogen (secondary N) is 1. The van der Waals surface area contributed by atoms with E-state index in [0.29, 0.717) is 32.2 Å². The predicted octanol–water partition coefficient (Wildman–Crippen LogP) is 0.910. The van der Waals surface area contributed by atoms with E-state index in [4.69, 9.17) is 4.74 Å². The van der Waals surface area contributed by atoms with E-state index in [1.54, 1.807) is 15.7 Å². The molecule has 0 aromatic carbocycles. The summed E-state index contributed by atoms with van der Waals surface area (Å²) in [5, 5.41) is 3.15. The minimum Gasteiger partial charge on any atom is -0.383 e. The Morgan fingerprint density at radius 1 is 1.48 bits per heavy atom. The highest BCUT2D eigenvalue weighted by Gasteiger charge is 2.35. The molecule has 6 nitrogen and oxygen atoms in total. The van der Waals surface area contributed by atoms with Gasteiger partial charge in [0.25, 0.3) is 10.2 Å². The summed E-state index contributed by atoms with van der Waals surface area (Å²) in [6.07, 6.45) is 2.83. The van der Waals surface area contributed by atoms with Crippen molar-refractivity contribution in [1.29, 1.82) is 0 Å². The first-order valence-electron chi connectivity index (χ1n) is 7.87. The highest BCUT2D eigenvalue weighted by atomic mass is 32.2. The maximum Gasteiger partial charge on any atom is 0.282 e. The van der Waals surface area contributed by atoms with E-state index in [1.807, 2.05) is 20.9 Å². The van der Waals surface area contributed by atoms with E-state index >= 15 is 0 Å². The third-order valence-corrected chi connectivity index (χ3v) is 6.31. The number of hydrogen-bond acceptors (Lipinski definition) is 4. The van der Waals surface area contributed by atoms with Gasteiger partial charge in [0.15, 0.2) is 0 Å². The van der Waals surface area contributed by atoms with Crippen molar-refractivity contribution in [3.05, 3.63) is 0 Å². The highest BCUT2D eigenvalue weighted by molar-refractivity contribution is 7.86. The molecule has 0 amide bonds. The van der Waals surface area contributed by atoms with Gasteiger partial charge in [-0.15, -0.1) is 0 Å². The summed E-state index contributed by atoms with van der Waals surface area (Å²) in [6.45, 7) is 6.93. The molecule has 126 valence electrons. The first-order valence-corrected chi connectivity index (χ1v) is 9.27. The Morgan fingerprint density at radius 3 is 2.76 bits per heavy atom. The maximum absolute atomic E-state index is 12.9. The zero-order chi connectivity index (χ0) is 15.9. The summed E-state index contributed by atoms with van der Waals surface area (Å²) in [5.41, 5.74) is 0. The Balaban J connectivity index is 2.83. The molecule has 2 atom stereocenters. The van der Waals surface area contributed by atoms with Crippen LogP contribution in [0.3, 0.4) is 0 Å². The molecule has 0 aromatic rings. The van der Waals surface area contributed by atoms with Crippen LogP contribution in [0.2, 0.25) is 0 Å². The van der Waals surface area contributed by atoms with Gasteiger partial charge in [0, 0.05) is 32.8 Å². The molecule has 2 unspecified atom stereocenters. The summed E-state index contributed by atoms with van der Waals surface area (Å²) >= 11 is 0. The summed E-state index contributed by atoms with van der Waals surface area (Å²) in [4.78, 5) is 0. The third kappa shape index (κ3) is 5.17. The van der Waals surface area contributed by atoms with Crippen LogP contribution in [0.4, 0.5) is 0 Å². The minimum absolute atomic E-state index is 0.00479. The quantitative estimate of drug-likeness (QED) is 0.686. The molecule has 0 radical (unpaired) electrons. The van der Waals surface area contributed by atoms with Crippen molar-refractivity contribution in [2.45, 2.75) is 39.2 Å². The number of piperidine rings is 1. The fraction of sp³-hybridized carbons (Fsp3) is 1.00. The second-order valence-corrected chi connectivity index (χ2v) is 7.67. The third-order valence-electron chi connectivity index (χ3n) is 4.20. The monoisotopic (exact) mass is 321 g/mol. The van der Waals surface area contributed by atoms with Crippen LogP contribution >= 0.6 is 0 Å². The van der Waals surface area contributed by atoms with Crippen LogP contribution in [0.1, 0.15) is 33.1 Å². The summed E-state index contributed by atoms with van der Waals surface area (Å²) in [5.74, 6) is 0.403. The first-order chi connectivity index (χ1) is 9.97. The van der Waals surface area contributed by atoms with Crippen LogP contribution in [0.15, 0.2) is 0 Å². The number of methoxy groups -OCH3 is 1. The van der Waals surface area contributed by atoms with Gasteiger partial charge in [0.05, 0.1) is 6.61 Å². The van der Waals surface area contributed by atoms with Crippen molar-refractivity contribution in [3.63, 3.8) is 0 Å². The summed E-state index contributed by atoms with van der Waals surface area (Å²) < 4.78 is 34.2. The van der Waals surface area contributed by atoms with E-state index in [-0.39, 0.29) is 6.04 Å². The topological polar surface area (TPSA) is 61.9 Å². The fourth-order valence-corrected chi connectivity index (χ4v) is 4.75. The second-order valence-electron chi connectivity index (χ2n) is 5.79. The lowest BCUT2D eigenvalue weighted by molar-refractivity contribution is 0.159. The molecule has 7 heteroatoms. The van der Waals surface area contributed by atoms with Gasteiger partial charge in [-0.05, 0) is 45.7 Å². The van der Waals surface area contributed by atoms with Gasteiger partial charge in [-0.25, -0.2) is 0 Å². The summed E-state index contributed by atoms with van der Waals surface area (Å²) in [7, 11) is 0.117. The Labute approximate surface area is 130 Å². The van der Waals surface area contributed by atoms with Gasteiger partial charge < -0.3 is 10.1 Å². The molecule has 0 aromatic heterocycles. The molecular weight excluding hydrogens is 290 g/mol. The molecule has 1 aliphatic heterocycles. The lowest BCUT2D eigenvalue weighted by atomic mass is 10.00. The van der Waals surface area contributed by atoms with Crippen LogP contribution in [0.5, 0.6) is 0 Å². The molecule has 1 heterocycles. The molecule has 1 aliphatic rings. The van der Waals surface area contributed by atoms with Crippen LogP contribution in [0.25, 0.3) is 0 Å². The van der Waals surface area contributed by atoms with Gasteiger partial charge in [0.2, 0.25) is 0 Å². The fourth-order valence-electron chi connectivity index (χ4n) is 2.79. The van der Waals surface area contributed by atoms with Crippen molar-refractivity contribution in [3.8, 4) is 0 Å². The Morgan fingerprint density at radius 2 is 2.19 bits per heavy atom. The highest BCUT2D eigenvalue weighted by Crippen LogP contribution is 2.22. The van der Waals surface area contributed by atoms with E-state index in [2.05, 4.69) is 5.32 Å². The SMILES string of the molecule is CCC(C)N(CCOC)S(=O)(=O)N1CCCC(CNC)C1. The Bertz CT molecular complexity index is 387. The predicted molar refractivity (Wildman–Crippen MR) is 85.5 cm³/mol. The number of ether oxygens (including phenoxy) is 1. The standard InChI is InChI=1S/C14H31N3O3S/c1-5-13(2)17(9-10-20-4)21(18,19)16-8-6-7-14(12-16)11-15-3/h13-15H,5-12H2,1-4H3. The molecule has 1 fully saturated rings. The molecule has 21 heavy (non-hydrogen) atoms. The number of nitrogens with zero attached hydrogens (tertiary/aromatic N) is 2. The van der Waals surface area contributed by atoms with Crippen molar-refractivity contribution < 1.29 is 13.2 Å². The second kappa shape index (κ2) is 9.05. The van der Waals surface area contributed by atoms with Crippen LogP contribution in [-0.2, 0) is 14.9 Å². The zero-order valence-corrected chi connectivity index (χ0v) is 14.7. The molecule has 0 spiro atoms. The van der Waals surface area contributed by atoms with E-state index in [9.17, 15) is 8.42 Å². The molecular formula is C14H31N3O3S. The van der Waals surface area contributed by atoms with E-state index in [1.165, 1.54) is 0 Å². The largest absolute Gasteiger partial charge is 0.383 e. The molecule has 1 saturated heterocycles. The normalized spacial score (nSPS) is 22.6. The average molecular weight is 321 g/mol. The number of rotatable bonds is 9. The molecule has 1 rings (SSSR count). The van der Waals surface area contributed by atoms with Crippen molar-refractivity contribution in [2.24, 2.45) is 5.92 Å². The molecule has 0 aliphatic carbocycles. The number of hydrogen-bond donors (Lipinski definition) is 1. The average Bonchev–Trinajstić information content (AvgIpc) is 2.47. The Hall–Kier alpha value is -0.210. The van der Waals surface area contributed by atoms with Crippen LogP contribution in [0, 0.1) is 5.92 Å².